The van der Waals surface area contributed by atoms with Crippen LogP contribution in [0.1, 0.15) is 46.8 Å². The van der Waals surface area contributed by atoms with E-state index in [4.69, 9.17) is 0 Å². The number of aromatic nitrogens is 2. The van der Waals surface area contributed by atoms with Gasteiger partial charge >= 0.3 is 0 Å². The Hall–Kier alpha value is -4.10. The van der Waals surface area contributed by atoms with Crippen LogP contribution in [0.3, 0.4) is 0 Å². The number of aryl methyl sites for hydroxylation is 2. The average molecular weight is 809 g/mol. The molecule has 0 aliphatic carbocycles. The minimum atomic E-state index is -0.380. The normalized spacial score (nSPS) is 11.2. The first-order chi connectivity index (χ1) is 22.5. The first kappa shape index (κ1) is 36.7. The van der Waals surface area contributed by atoms with Gasteiger partial charge in [0.05, 0.1) is 9.85 Å². The smallest absolute Gasteiger partial charge is 0.269 e. The number of nitro groups is 2. The van der Waals surface area contributed by atoms with E-state index in [1.807, 2.05) is 12.2 Å². The summed E-state index contributed by atoms with van der Waals surface area (Å²) in [6, 6.07) is 30.2. The number of nitro benzene ring substituents is 2. The zero-order valence-electron chi connectivity index (χ0n) is 25.8. The highest BCUT2D eigenvalue weighted by atomic mass is 79.9. The lowest BCUT2D eigenvalue weighted by molar-refractivity contribution is -0.670. The summed E-state index contributed by atoms with van der Waals surface area (Å²) in [7, 11) is 0. The highest BCUT2D eigenvalue weighted by Crippen LogP contribution is 2.25. The highest BCUT2D eigenvalue weighted by molar-refractivity contribution is 7.19. The molecular weight excluding hydrogens is 776 g/mol. The van der Waals surface area contributed by atoms with Crippen LogP contribution in [0.5, 0.6) is 0 Å². The number of non-ortho nitro benzene ring substituents is 2. The average Bonchev–Trinajstić information content (AvgIpc) is 3.62. The molecule has 6 aromatic rings. The first-order valence-electron chi connectivity index (χ1n) is 15.1. The molecule has 0 fully saturated rings. The van der Waals surface area contributed by atoms with Crippen molar-refractivity contribution >= 4 is 78.8 Å². The molecule has 0 aliphatic rings. The van der Waals surface area contributed by atoms with Gasteiger partial charge in [0.25, 0.3) is 21.4 Å². The van der Waals surface area contributed by atoms with Crippen molar-refractivity contribution in [1.29, 1.82) is 0 Å². The molecule has 4 aromatic carbocycles. The van der Waals surface area contributed by atoms with Gasteiger partial charge in [-0.05, 0) is 72.5 Å². The molecule has 0 aliphatic heterocycles. The number of nitrogens with zero attached hydrogens (tertiary/aromatic N) is 4. The Labute approximate surface area is 307 Å². The number of fused-ring (bicyclic) bond motifs is 2. The zero-order valence-corrected chi connectivity index (χ0v) is 30.6. The van der Waals surface area contributed by atoms with E-state index in [9.17, 15) is 20.2 Å². The molecule has 12 heteroatoms. The summed E-state index contributed by atoms with van der Waals surface area (Å²) in [6.07, 6.45) is 12.6. The molecule has 0 saturated carbocycles. The minimum absolute atomic E-state index is 0. The lowest BCUT2D eigenvalue weighted by Gasteiger charge is -2.00. The Morgan fingerprint density at radius 1 is 0.521 bits per heavy atom. The van der Waals surface area contributed by atoms with Crippen LogP contribution < -0.4 is 43.1 Å². The first-order valence-corrected chi connectivity index (χ1v) is 16.8. The van der Waals surface area contributed by atoms with Gasteiger partial charge in [-0.15, -0.1) is 0 Å². The molecule has 48 heavy (non-hydrogen) atoms. The lowest BCUT2D eigenvalue weighted by atomic mass is 10.1. The maximum atomic E-state index is 11.0. The summed E-state index contributed by atoms with van der Waals surface area (Å²) in [5.74, 6) is 0. The molecule has 8 nitrogen and oxygen atoms in total. The number of unbranched alkanes of at least 4 members (excludes halogenated alkanes) is 3. The molecule has 0 radical (unpaired) electrons. The fourth-order valence-corrected chi connectivity index (χ4v) is 7.64. The van der Waals surface area contributed by atoms with Crippen molar-refractivity contribution in [2.75, 3.05) is 0 Å². The van der Waals surface area contributed by atoms with Gasteiger partial charge in [0.15, 0.2) is 13.1 Å². The number of thiazole rings is 2. The number of halogens is 2. The van der Waals surface area contributed by atoms with E-state index >= 15 is 0 Å². The van der Waals surface area contributed by atoms with Crippen LogP contribution in [-0.4, -0.2) is 9.85 Å². The van der Waals surface area contributed by atoms with E-state index in [1.54, 1.807) is 46.9 Å². The standard InChI is InChI=1S/C36H32N4O4S2.2BrH/c41-39(42)29-19-13-27(14-20-29)17-23-35-37(31-9-3-5-11-33(31)45-35)25-7-1-2-8-26-38-32-10-4-6-12-34(32)46-36(38)24-18-28-15-21-30(22-16-28)40(43)44;;/h3-6,9-24H,1-2,7-8,25-26H2;2*1H/q+2;;/p-2/b23-17+,24-18+;;. The number of hydrogen-bond acceptors (Lipinski definition) is 6. The topological polar surface area (TPSA) is 94.0 Å². The van der Waals surface area contributed by atoms with Crippen LogP contribution in [0.4, 0.5) is 11.4 Å². The van der Waals surface area contributed by atoms with E-state index in [0.717, 1.165) is 59.9 Å². The molecule has 0 bridgehead atoms. The van der Waals surface area contributed by atoms with Crippen molar-refractivity contribution in [2.24, 2.45) is 0 Å². The van der Waals surface area contributed by atoms with Crippen molar-refractivity contribution in [3.8, 4) is 0 Å². The molecule has 0 atom stereocenters. The summed E-state index contributed by atoms with van der Waals surface area (Å²) in [5, 5.41) is 24.3. The van der Waals surface area contributed by atoms with Gasteiger partial charge in [-0.1, -0.05) is 46.9 Å². The van der Waals surface area contributed by atoms with Gasteiger partial charge in [0.1, 0.15) is 9.40 Å². The Morgan fingerprint density at radius 2 is 0.896 bits per heavy atom. The van der Waals surface area contributed by atoms with Gasteiger partial charge in [0, 0.05) is 61.4 Å². The molecule has 0 amide bonds. The fourth-order valence-electron chi connectivity index (χ4n) is 5.46. The van der Waals surface area contributed by atoms with Gasteiger partial charge in [-0.25, -0.2) is 0 Å². The van der Waals surface area contributed by atoms with Crippen LogP contribution in [0.2, 0.25) is 0 Å². The molecular formula is C36H32Br2N4O4S2. The van der Waals surface area contributed by atoms with Crippen molar-refractivity contribution in [2.45, 2.75) is 38.8 Å². The SMILES string of the molecule is O=[N+]([O-])c1ccc(/C=C/c2sc3ccccc3[n+]2CCCCCC[n+]2c(/C=C/c3ccc([N+](=O)[O-])cc3)sc3ccccc32)cc1.[Br-].[Br-]. The molecule has 6 rings (SSSR count). The Kier molecular flexibility index (Phi) is 13.3. The van der Waals surface area contributed by atoms with Crippen LogP contribution >= 0.6 is 22.7 Å². The maximum absolute atomic E-state index is 11.0. The highest BCUT2D eigenvalue weighted by Gasteiger charge is 2.20. The second kappa shape index (κ2) is 17.3. The molecule has 0 N–H and O–H groups in total. The van der Waals surface area contributed by atoms with Crippen molar-refractivity contribution in [3.63, 3.8) is 0 Å². The van der Waals surface area contributed by atoms with Crippen LogP contribution in [0.15, 0.2) is 97.1 Å². The third-order valence-electron chi connectivity index (χ3n) is 7.83. The van der Waals surface area contributed by atoms with E-state index in [0.29, 0.717) is 0 Å². The third-order valence-corrected chi connectivity index (χ3v) is 10.1. The fraction of sp³-hybridized carbons (Fsp3) is 0.167. The maximum Gasteiger partial charge on any atom is 0.269 e. The molecule has 0 unspecified atom stereocenters. The van der Waals surface area contributed by atoms with Crippen LogP contribution in [-0.2, 0) is 13.1 Å². The number of para-hydroxylation sites is 2. The number of hydrogen-bond donors (Lipinski definition) is 0. The third kappa shape index (κ3) is 8.87. The quantitative estimate of drug-likeness (QED) is 0.0777. The summed E-state index contributed by atoms with van der Waals surface area (Å²) < 4.78 is 7.23. The van der Waals surface area contributed by atoms with Crippen molar-refractivity contribution < 1.29 is 52.9 Å². The second-order valence-electron chi connectivity index (χ2n) is 10.9. The Bertz CT molecular complexity index is 1920. The number of rotatable bonds is 13. The summed E-state index contributed by atoms with van der Waals surface area (Å²) in [5.41, 5.74) is 4.48. The summed E-state index contributed by atoms with van der Waals surface area (Å²) in [6.45, 7) is 1.84. The van der Waals surface area contributed by atoms with Gasteiger partial charge in [-0.2, -0.15) is 9.13 Å². The number of benzene rings is 4. The Balaban J connectivity index is 0.00000260. The van der Waals surface area contributed by atoms with Gasteiger partial charge in [0.2, 0.25) is 11.0 Å². The summed E-state index contributed by atoms with van der Waals surface area (Å²) >= 11 is 3.51. The molecule has 2 aromatic heterocycles. The molecule has 0 saturated heterocycles. The van der Waals surface area contributed by atoms with E-state index in [2.05, 4.69) is 69.8 Å². The monoisotopic (exact) mass is 806 g/mol. The Morgan fingerprint density at radius 3 is 1.27 bits per heavy atom. The van der Waals surface area contributed by atoms with Gasteiger partial charge < -0.3 is 34.0 Å². The lowest BCUT2D eigenvalue weighted by Crippen LogP contribution is -3.00. The largest absolute Gasteiger partial charge is 1.00 e. The van der Waals surface area contributed by atoms with E-state index in [-0.39, 0.29) is 55.2 Å². The van der Waals surface area contributed by atoms with Crippen molar-refractivity contribution in [3.05, 3.63) is 138 Å². The van der Waals surface area contributed by atoms with Crippen molar-refractivity contribution in [1.82, 2.24) is 0 Å². The predicted octanol–water partition coefficient (Wildman–Crippen LogP) is 3.12. The van der Waals surface area contributed by atoms with Crippen LogP contribution in [0, 0.1) is 20.2 Å². The predicted molar refractivity (Wildman–Crippen MR) is 187 cm³/mol. The minimum Gasteiger partial charge on any atom is -1.00 e. The molecule has 0 spiro atoms. The van der Waals surface area contributed by atoms with E-state index < -0.39 is 0 Å². The molecule has 246 valence electrons. The van der Waals surface area contributed by atoms with E-state index in [1.165, 1.54) is 44.7 Å². The molecule has 2 heterocycles. The zero-order chi connectivity index (χ0) is 31.9. The summed E-state index contributed by atoms with van der Waals surface area (Å²) in [4.78, 5) is 21.2. The van der Waals surface area contributed by atoms with Gasteiger partial charge in [-0.3, -0.25) is 20.2 Å². The second-order valence-corrected chi connectivity index (χ2v) is 13.0. The van der Waals surface area contributed by atoms with Crippen LogP contribution in [0.25, 0.3) is 44.7 Å².